The summed E-state index contributed by atoms with van der Waals surface area (Å²) in [5, 5.41) is 3.08. The second-order valence-corrected chi connectivity index (χ2v) is 6.74. The standard InChI is InChI=1S/C20H24N4O3/c1-15(16-5-6-17-18(14-16)27-13-12-26-17)22-20(25)24-10-8-23(9-11-24)19-4-2-3-7-21-19/h2-7,14-15H,8-13H2,1H3,(H,22,25). The lowest BCUT2D eigenvalue weighted by Crippen LogP contribution is -2.52. The predicted octanol–water partition coefficient (Wildman–Crippen LogP) is 2.45. The van der Waals surface area contributed by atoms with Crippen molar-refractivity contribution >= 4 is 11.8 Å². The number of rotatable bonds is 3. The monoisotopic (exact) mass is 368 g/mol. The smallest absolute Gasteiger partial charge is 0.317 e. The number of hydrogen-bond donors (Lipinski definition) is 1. The number of piperazine rings is 1. The number of pyridine rings is 1. The highest BCUT2D eigenvalue weighted by molar-refractivity contribution is 5.75. The molecule has 1 N–H and O–H groups in total. The summed E-state index contributed by atoms with van der Waals surface area (Å²) < 4.78 is 11.2. The SMILES string of the molecule is CC(NC(=O)N1CCN(c2ccccn2)CC1)c1ccc2c(c1)OCCO2. The number of fused-ring (bicyclic) bond motifs is 1. The van der Waals surface area contributed by atoms with Gasteiger partial charge < -0.3 is 24.6 Å². The van der Waals surface area contributed by atoms with Gasteiger partial charge in [0.05, 0.1) is 6.04 Å². The number of nitrogens with one attached hydrogen (secondary N) is 1. The molecule has 27 heavy (non-hydrogen) atoms. The topological polar surface area (TPSA) is 66.9 Å². The molecule has 2 aliphatic rings. The zero-order chi connectivity index (χ0) is 18.6. The highest BCUT2D eigenvalue weighted by Crippen LogP contribution is 2.32. The third-order valence-corrected chi connectivity index (χ3v) is 4.95. The van der Waals surface area contributed by atoms with Gasteiger partial charge in [-0.2, -0.15) is 0 Å². The first-order chi connectivity index (χ1) is 13.2. The third-order valence-electron chi connectivity index (χ3n) is 4.95. The van der Waals surface area contributed by atoms with Crippen molar-refractivity contribution in [2.45, 2.75) is 13.0 Å². The van der Waals surface area contributed by atoms with E-state index in [1.54, 1.807) is 6.20 Å². The number of carbonyl (C=O) groups excluding carboxylic acids is 1. The zero-order valence-electron chi connectivity index (χ0n) is 15.4. The van der Waals surface area contributed by atoms with Crippen LogP contribution in [0.2, 0.25) is 0 Å². The minimum atomic E-state index is -0.109. The number of urea groups is 1. The first-order valence-corrected chi connectivity index (χ1v) is 9.32. The summed E-state index contributed by atoms with van der Waals surface area (Å²) in [4.78, 5) is 21.1. The Morgan fingerprint density at radius 1 is 1.07 bits per heavy atom. The molecule has 2 aliphatic heterocycles. The van der Waals surface area contributed by atoms with E-state index in [4.69, 9.17) is 9.47 Å². The summed E-state index contributed by atoms with van der Waals surface area (Å²) in [6.45, 7) is 6.02. The van der Waals surface area contributed by atoms with Crippen molar-refractivity contribution in [3.63, 3.8) is 0 Å². The van der Waals surface area contributed by atoms with Gasteiger partial charge in [0.15, 0.2) is 11.5 Å². The Kier molecular flexibility index (Phi) is 5.00. The predicted molar refractivity (Wildman–Crippen MR) is 102 cm³/mol. The van der Waals surface area contributed by atoms with Crippen molar-refractivity contribution in [1.82, 2.24) is 15.2 Å². The van der Waals surface area contributed by atoms with Crippen LogP contribution in [0.25, 0.3) is 0 Å². The van der Waals surface area contributed by atoms with Crippen molar-refractivity contribution in [3.05, 3.63) is 48.2 Å². The first kappa shape index (κ1) is 17.5. The van der Waals surface area contributed by atoms with Gasteiger partial charge in [-0.1, -0.05) is 12.1 Å². The molecule has 1 saturated heterocycles. The number of benzene rings is 1. The summed E-state index contributed by atoms with van der Waals surface area (Å²) in [5.74, 6) is 2.46. The fraction of sp³-hybridized carbons (Fsp3) is 0.400. The molecule has 0 radical (unpaired) electrons. The van der Waals surface area contributed by atoms with Crippen LogP contribution < -0.4 is 19.7 Å². The molecule has 7 heteroatoms. The van der Waals surface area contributed by atoms with Crippen molar-refractivity contribution in [2.75, 3.05) is 44.3 Å². The summed E-state index contributed by atoms with van der Waals surface area (Å²) in [6.07, 6.45) is 1.80. The van der Waals surface area contributed by atoms with E-state index in [0.717, 1.165) is 36.0 Å². The summed E-state index contributed by atoms with van der Waals surface area (Å²) in [7, 11) is 0. The molecule has 0 saturated carbocycles. The lowest BCUT2D eigenvalue weighted by molar-refractivity contribution is 0.171. The molecule has 1 aromatic carbocycles. The van der Waals surface area contributed by atoms with Crippen LogP contribution in [-0.4, -0.2) is 55.3 Å². The Labute approximate surface area is 158 Å². The van der Waals surface area contributed by atoms with E-state index in [2.05, 4.69) is 15.2 Å². The Morgan fingerprint density at radius 3 is 2.59 bits per heavy atom. The fourth-order valence-corrected chi connectivity index (χ4v) is 3.37. The van der Waals surface area contributed by atoms with E-state index < -0.39 is 0 Å². The number of amides is 2. The molecule has 1 fully saturated rings. The number of ether oxygens (including phenoxy) is 2. The molecule has 0 aliphatic carbocycles. The van der Waals surface area contributed by atoms with E-state index in [1.807, 2.05) is 48.2 Å². The molecule has 0 bridgehead atoms. The van der Waals surface area contributed by atoms with E-state index in [9.17, 15) is 4.79 Å². The molecule has 2 amide bonds. The Balaban J connectivity index is 1.33. The van der Waals surface area contributed by atoms with E-state index >= 15 is 0 Å². The molecule has 3 heterocycles. The highest BCUT2D eigenvalue weighted by Gasteiger charge is 2.23. The molecule has 0 spiro atoms. The minimum Gasteiger partial charge on any atom is -0.486 e. The van der Waals surface area contributed by atoms with Gasteiger partial charge in [0.2, 0.25) is 0 Å². The lowest BCUT2D eigenvalue weighted by atomic mass is 10.1. The van der Waals surface area contributed by atoms with Crippen LogP contribution in [0.4, 0.5) is 10.6 Å². The van der Waals surface area contributed by atoms with Crippen LogP contribution in [-0.2, 0) is 0 Å². The van der Waals surface area contributed by atoms with E-state index in [1.165, 1.54) is 0 Å². The van der Waals surface area contributed by atoms with Crippen LogP contribution in [0.3, 0.4) is 0 Å². The largest absolute Gasteiger partial charge is 0.486 e. The molecule has 142 valence electrons. The summed E-state index contributed by atoms with van der Waals surface area (Å²) >= 11 is 0. The molecule has 4 rings (SSSR count). The Bertz CT molecular complexity index is 791. The van der Waals surface area contributed by atoms with Crippen molar-refractivity contribution in [2.24, 2.45) is 0 Å². The molecule has 1 unspecified atom stereocenters. The average Bonchev–Trinajstić information content (AvgIpc) is 2.74. The van der Waals surface area contributed by atoms with Gasteiger partial charge in [-0.3, -0.25) is 0 Å². The molecule has 2 aromatic rings. The Morgan fingerprint density at radius 2 is 1.85 bits per heavy atom. The molecule has 1 atom stereocenters. The quantitative estimate of drug-likeness (QED) is 0.901. The van der Waals surface area contributed by atoms with Gasteiger partial charge in [0, 0.05) is 32.4 Å². The second-order valence-electron chi connectivity index (χ2n) is 6.74. The van der Waals surface area contributed by atoms with Gasteiger partial charge in [-0.25, -0.2) is 9.78 Å². The molecular weight excluding hydrogens is 344 g/mol. The lowest BCUT2D eigenvalue weighted by Gasteiger charge is -2.36. The van der Waals surface area contributed by atoms with Crippen LogP contribution in [0.5, 0.6) is 11.5 Å². The molecule has 7 nitrogen and oxygen atoms in total. The van der Waals surface area contributed by atoms with Crippen LogP contribution in [0.15, 0.2) is 42.6 Å². The first-order valence-electron chi connectivity index (χ1n) is 9.32. The van der Waals surface area contributed by atoms with Gasteiger partial charge >= 0.3 is 6.03 Å². The molecule has 1 aromatic heterocycles. The van der Waals surface area contributed by atoms with Gasteiger partial charge in [0.1, 0.15) is 19.0 Å². The van der Waals surface area contributed by atoms with Crippen LogP contribution in [0, 0.1) is 0 Å². The van der Waals surface area contributed by atoms with Crippen LogP contribution in [0.1, 0.15) is 18.5 Å². The maximum atomic E-state index is 12.6. The average molecular weight is 368 g/mol. The number of hydrogen-bond acceptors (Lipinski definition) is 5. The van der Waals surface area contributed by atoms with Gasteiger partial charge in [-0.15, -0.1) is 0 Å². The number of anilines is 1. The van der Waals surface area contributed by atoms with Crippen molar-refractivity contribution in [1.29, 1.82) is 0 Å². The highest BCUT2D eigenvalue weighted by atomic mass is 16.6. The minimum absolute atomic E-state index is 0.0435. The number of aromatic nitrogens is 1. The summed E-state index contributed by atoms with van der Waals surface area (Å²) in [6, 6.07) is 11.6. The normalized spacial score (nSPS) is 17.4. The molecular formula is C20H24N4O3. The number of carbonyl (C=O) groups is 1. The van der Waals surface area contributed by atoms with Crippen molar-refractivity contribution < 1.29 is 14.3 Å². The maximum absolute atomic E-state index is 12.6. The Hall–Kier alpha value is -2.96. The summed E-state index contributed by atoms with van der Waals surface area (Å²) in [5.41, 5.74) is 1.000. The fourth-order valence-electron chi connectivity index (χ4n) is 3.37. The van der Waals surface area contributed by atoms with Crippen molar-refractivity contribution in [3.8, 4) is 11.5 Å². The maximum Gasteiger partial charge on any atom is 0.317 e. The second kappa shape index (κ2) is 7.73. The van der Waals surface area contributed by atoms with Gasteiger partial charge in [0.25, 0.3) is 0 Å². The number of nitrogens with zero attached hydrogens (tertiary/aromatic N) is 3. The zero-order valence-corrected chi connectivity index (χ0v) is 15.4. The van der Waals surface area contributed by atoms with Crippen LogP contribution >= 0.6 is 0 Å². The third kappa shape index (κ3) is 3.92. The van der Waals surface area contributed by atoms with E-state index in [0.29, 0.717) is 26.3 Å². The van der Waals surface area contributed by atoms with E-state index in [-0.39, 0.29) is 12.1 Å². The van der Waals surface area contributed by atoms with Gasteiger partial charge in [-0.05, 0) is 36.8 Å².